The van der Waals surface area contributed by atoms with Gasteiger partial charge in [0.2, 0.25) is 0 Å². The van der Waals surface area contributed by atoms with Gasteiger partial charge >= 0.3 is 0 Å². The lowest BCUT2D eigenvalue weighted by atomic mass is 10.0. The first-order valence-corrected chi connectivity index (χ1v) is 7.17. The Balaban J connectivity index is 2.81. The summed E-state index contributed by atoms with van der Waals surface area (Å²) in [6.45, 7) is 4.96. The molecule has 0 bridgehead atoms. The van der Waals surface area contributed by atoms with Crippen molar-refractivity contribution in [3.05, 3.63) is 35.4 Å². The number of halogens is 2. The molecule has 0 saturated carbocycles. The molecule has 0 aliphatic carbocycles. The SMILES string of the molecule is CCCC(CCC)NC(=O)c1cccc(C(C)(F)F)c1. The average Bonchev–Trinajstić information content (AvgIpc) is 2.38. The van der Waals surface area contributed by atoms with E-state index >= 15 is 0 Å². The number of alkyl halides is 2. The van der Waals surface area contributed by atoms with Gasteiger partial charge in [-0.1, -0.05) is 38.8 Å². The third-order valence-corrected chi connectivity index (χ3v) is 3.24. The minimum absolute atomic E-state index is 0.114. The lowest BCUT2D eigenvalue weighted by Crippen LogP contribution is -2.34. The summed E-state index contributed by atoms with van der Waals surface area (Å²) in [6.07, 6.45) is 3.78. The third kappa shape index (κ3) is 4.91. The van der Waals surface area contributed by atoms with Gasteiger partial charge in [-0.3, -0.25) is 4.79 Å². The molecule has 4 heteroatoms. The molecule has 1 N–H and O–H groups in total. The van der Waals surface area contributed by atoms with Gasteiger partial charge in [0.25, 0.3) is 11.8 Å². The standard InChI is InChI=1S/C16H23F2NO/c1-4-7-14(8-5-2)19-15(20)12-9-6-10-13(11-12)16(3,17)18/h6,9-11,14H,4-5,7-8H2,1-3H3,(H,19,20). The zero-order valence-corrected chi connectivity index (χ0v) is 12.4. The number of carbonyl (C=O) groups is 1. The largest absolute Gasteiger partial charge is 0.349 e. The maximum atomic E-state index is 13.3. The van der Waals surface area contributed by atoms with Crippen LogP contribution < -0.4 is 5.32 Å². The van der Waals surface area contributed by atoms with Gasteiger partial charge in [-0.25, -0.2) is 8.78 Å². The van der Waals surface area contributed by atoms with Crippen molar-refractivity contribution in [1.29, 1.82) is 0 Å². The van der Waals surface area contributed by atoms with E-state index in [-0.39, 0.29) is 17.5 Å². The molecule has 1 aromatic rings. The molecule has 0 heterocycles. The van der Waals surface area contributed by atoms with Gasteiger partial charge in [-0.2, -0.15) is 0 Å². The molecule has 0 saturated heterocycles. The van der Waals surface area contributed by atoms with Crippen molar-refractivity contribution in [3.63, 3.8) is 0 Å². The summed E-state index contributed by atoms with van der Waals surface area (Å²) in [6, 6.07) is 5.79. The second-order valence-corrected chi connectivity index (χ2v) is 5.22. The van der Waals surface area contributed by atoms with Crippen molar-refractivity contribution < 1.29 is 13.6 Å². The summed E-state index contributed by atoms with van der Waals surface area (Å²) in [5.74, 6) is -3.20. The quantitative estimate of drug-likeness (QED) is 0.784. The molecule has 1 aromatic carbocycles. The van der Waals surface area contributed by atoms with Crippen LogP contribution in [0.1, 0.15) is 62.4 Å². The average molecular weight is 283 g/mol. The van der Waals surface area contributed by atoms with Crippen LogP contribution in [-0.4, -0.2) is 11.9 Å². The van der Waals surface area contributed by atoms with Crippen LogP contribution in [0.3, 0.4) is 0 Å². The normalized spacial score (nSPS) is 11.7. The first kappa shape index (κ1) is 16.6. The van der Waals surface area contributed by atoms with E-state index in [9.17, 15) is 13.6 Å². The number of hydrogen-bond donors (Lipinski definition) is 1. The fourth-order valence-corrected chi connectivity index (χ4v) is 2.19. The van der Waals surface area contributed by atoms with Crippen molar-refractivity contribution in [2.75, 3.05) is 0 Å². The fourth-order valence-electron chi connectivity index (χ4n) is 2.19. The van der Waals surface area contributed by atoms with Crippen LogP contribution in [0.25, 0.3) is 0 Å². The van der Waals surface area contributed by atoms with Gasteiger partial charge < -0.3 is 5.32 Å². The number of carbonyl (C=O) groups excluding carboxylic acids is 1. The number of rotatable bonds is 7. The van der Waals surface area contributed by atoms with Gasteiger partial charge in [0.15, 0.2) is 0 Å². The van der Waals surface area contributed by atoms with E-state index < -0.39 is 5.92 Å². The zero-order valence-electron chi connectivity index (χ0n) is 12.4. The lowest BCUT2D eigenvalue weighted by Gasteiger charge is -2.18. The Hall–Kier alpha value is -1.45. The third-order valence-electron chi connectivity index (χ3n) is 3.24. The Kier molecular flexibility index (Phi) is 6.11. The molecule has 1 amide bonds. The van der Waals surface area contributed by atoms with Gasteiger partial charge in [-0.15, -0.1) is 0 Å². The Morgan fingerprint density at radius 2 is 1.85 bits per heavy atom. The molecule has 0 aliphatic rings. The van der Waals surface area contributed by atoms with E-state index in [2.05, 4.69) is 19.2 Å². The van der Waals surface area contributed by atoms with Gasteiger partial charge in [0.05, 0.1) is 0 Å². The van der Waals surface area contributed by atoms with Crippen LogP contribution in [-0.2, 0) is 5.92 Å². The predicted octanol–water partition coefficient (Wildman–Crippen LogP) is 4.50. The first-order valence-electron chi connectivity index (χ1n) is 7.17. The molecule has 112 valence electrons. The molecule has 0 fully saturated rings. The monoisotopic (exact) mass is 283 g/mol. The molecule has 0 unspecified atom stereocenters. The van der Waals surface area contributed by atoms with Crippen molar-refractivity contribution in [1.82, 2.24) is 5.32 Å². The minimum atomic E-state index is -2.93. The first-order chi connectivity index (χ1) is 9.38. The molecule has 2 nitrogen and oxygen atoms in total. The number of benzene rings is 1. The summed E-state index contributed by atoms with van der Waals surface area (Å²) >= 11 is 0. The van der Waals surface area contributed by atoms with E-state index in [0.29, 0.717) is 5.56 Å². The molecule has 0 atom stereocenters. The highest BCUT2D eigenvalue weighted by Crippen LogP contribution is 2.27. The summed E-state index contributed by atoms with van der Waals surface area (Å²) in [7, 11) is 0. The number of nitrogens with one attached hydrogen (secondary N) is 1. The molecular formula is C16H23F2NO. The fraction of sp³-hybridized carbons (Fsp3) is 0.562. The second-order valence-electron chi connectivity index (χ2n) is 5.22. The predicted molar refractivity (Wildman–Crippen MR) is 77.1 cm³/mol. The molecule has 1 rings (SSSR count). The van der Waals surface area contributed by atoms with E-state index in [1.54, 1.807) is 6.07 Å². The number of hydrogen-bond acceptors (Lipinski definition) is 1. The van der Waals surface area contributed by atoms with Gasteiger partial charge in [0.1, 0.15) is 0 Å². The summed E-state index contributed by atoms with van der Waals surface area (Å²) < 4.78 is 26.5. The molecule has 0 radical (unpaired) electrons. The van der Waals surface area contributed by atoms with Crippen LogP contribution in [0, 0.1) is 0 Å². The van der Waals surface area contributed by atoms with Crippen molar-refractivity contribution in [2.45, 2.75) is 58.4 Å². The molecule has 0 aliphatic heterocycles. The van der Waals surface area contributed by atoms with Crippen molar-refractivity contribution in [2.24, 2.45) is 0 Å². The molecule has 0 spiro atoms. The van der Waals surface area contributed by atoms with Crippen LogP contribution >= 0.6 is 0 Å². The number of amides is 1. The van der Waals surface area contributed by atoms with Crippen molar-refractivity contribution >= 4 is 5.91 Å². The van der Waals surface area contributed by atoms with Gasteiger partial charge in [-0.05, 0) is 25.0 Å². The molecule has 0 aromatic heterocycles. The van der Waals surface area contributed by atoms with Crippen LogP contribution in [0.5, 0.6) is 0 Å². The van der Waals surface area contributed by atoms with E-state index in [1.807, 2.05) is 0 Å². The second kappa shape index (κ2) is 7.36. The summed E-state index contributed by atoms with van der Waals surface area (Å²) in [5, 5.41) is 2.93. The van der Waals surface area contributed by atoms with E-state index in [4.69, 9.17) is 0 Å². The Morgan fingerprint density at radius 1 is 1.25 bits per heavy atom. The maximum Gasteiger partial charge on any atom is 0.270 e. The summed E-state index contributed by atoms with van der Waals surface area (Å²) in [5.41, 5.74) is 0.161. The van der Waals surface area contributed by atoms with Crippen molar-refractivity contribution in [3.8, 4) is 0 Å². The highest BCUT2D eigenvalue weighted by molar-refractivity contribution is 5.94. The highest BCUT2D eigenvalue weighted by atomic mass is 19.3. The Morgan fingerprint density at radius 3 is 2.35 bits per heavy atom. The molecule has 20 heavy (non-hydrogen) atoms. The van der Waals surface area contributed by atoms with E-state index in [0.717, 1.165) is 32.6 Å². The van der Waals surface area contributed by atoms with Crippen LogP contribution in [0.15, 0.2) is 24.3 Å². The summed E-state index contributed by atoms with van der Waals surface area (Å²) in [4.78, 5) is 12.1. The highest BCUT2D eigenvalue weighted by Gasteiger charge is 2.25. The Bertz CT molecular complexity index is 434. The van der Waals surface area contributed by atoms with E-state index in [1.165, 1.54) is 18.2 Å². The lowest BCUT2D eigenvalue weighted by molar-refractivity contribution is 0.0174. The zero-order chi connectivity index (χ0) is 15.2. The topological polar surface area (TPSA) is 29.1 Å². The minimum Gasteiger partial charge on any atom is -0.349 e. The van der Waals surface area contributed by atoms with Gasteiger partial charge in [0, 0.05) is 24.1 Å². The Labute approximate surface area is 119 Å². The smallest absolute Gasteiger partial charge is 0.270 e. The maximum absolute atomic E-state index is 13.3. The van der Waals surface area contributed by atoms with Crippen LogP contribution in [0.2, 0.25) is 0 Å². The molecular weight excluding hydrogens is 260 g/mol. The van der Waals surface area contributed by atoms with Crippen LogP contribution in [0.4, 0.5) is 8.78 Å².